The first-order valence-corrected chi connectivity index (χ1v) is 16.6. The number of ether oxygens (including phenoxy) is 1. The first kappa shape index (κ1) is 42.0. The van der Waals surface area contributed by atoms with E-state index in [1.165, 1.54) is 0 Å². The lowest BCUT2D eigenvalue weighted by Gasteiger charge is -2.53. The number of rotatable bonds is 13. The number of allylic oxidation sites excluding steroid dienone is 5. The molecule has 3 aliphatic rings. The molecule has 6 atom stereocenters. The Morgan fingerprint density at radius 2 is 1.81 bits per heavy atom. The summed E-state index contributed by atoms with van der Waals surface area (Å²) in [6.45, 7) is 11.4. The number of halogens is 2. The lowest BCUT2D eigenvalue weighted by molar-refractivity contribution is -0.162. The number of nitrogens with zero attached hydrogens (tertiary/aromatic N) is 1. The minimum atomic E-state index is -1.77. The summed E-state index contributed by atoms with van der Waals surface area (Å²) in [5.74, 6) is -1.85. The van der Waals surface area contributed by atoms with Gasteiger partial charge in [-0.05, 0) is 95.0 Å². The Bertz CT molecular complexity index is 1090. The summed E-state index contributed by atoms with van der Waals surface area (Å²) >= 11 is 0. The third-order valence-corrected chi connectivity index (χ3v) is 9.35. The van der Waals surface area contributed by atoms with Crippen molar-refractivity contribution in [1.82, 2.24) is 5.32 Å². The number of aliphatic hydroxyl groups excluding tert-OH is 2. The van der Waals surface area contributed by atoms with E-state index in [0.29, 0.717) is 52.1 Å². The van der Waals surface area contributed by atoms with Crippen LogP contribution in [0.3, 0.4) is 0 Å². The summed E-state index contributed by atoms with van der Waals surface area (Å²) in [6, 6.07) is 0. The van der Waals surface area contributed by atoms with Gasteiger partial charge >= 0.3 is 5.97 Å². The van der Waals surface area contributed by atoms with E-state index in [1.54, 1.807) is 19.9 Å². The van der Waals surface area contributed by atoms with E-state index in [4.69, 9.17) is 9.84 Å². The van der Waals surface area contributed by atoms with Crippen molar-refractivity contribution < 1.29 is 43.0 Å². The average Bonchev–Trinajstić information content (AvgIpc) is 3.34. The molecule has 0 radical (unpaired) electrons. The molecule has 0 aromatic carbocycles. The number of hydrogen-bond acceptors (Lipinski definition) is 9. The molecule has 3 N–H and O–H groups in total. The van der Waals surface area contributed by atoms with Gasteiger partial charge in [-0.2, -0.15) is 0 Å². The van der Waals surface area contributed by atoms with Gasteiger partial charge in [0.2, 0.25) is 5.91 Å². The van der Waals surface area contributed by atoms with E-state index in [-0.39, 0.29) is 75.1 Å². The molecule has 10 nitrogen and oxygen atoms in total. The first-order chi connectivity index (χ1) is 22.2. The van der Waals surface area contributed by atoms with Gasteiger partial charge in [0, 0.05) is 31.4 Å². The second-order valence-corrected chi connectivity index (χ2v) is 13.2. The fraction of sp³-hybridized carbons (Fsp3) is 0.743. The second-order valence-electron chi connectivity index (χ2n) is 13.2. The highest BCUT2D eigenvalue weighted by atomic mass is 19.1. The zero-order chi connectivity index (χ0) is 35.6. The van der Waals surface area contributed by atoms with Crippen molar-refractivity contribution >= 4 is 17.7 Å². The smallest absolute Gasteiger partial charge is 0.308 e. The van der Waals surface area contributed by atoms with Crippen molar-refractivity contribution in [3.63, 3.8) is 0 Å². The minimum Gasteiger partial charge on any atom is -0.458 e. The second kappa shape index (κ2) is 21.1. The van der Waals surface area contributed by atoms with Crippen LogP contribution in [0, 0.1) is 28.1 Å². The molecule has 47 heavy (non-hydrogen) atoms. The fourth-order valence-electron chi connectivity index (χ4n) is 7.24. The van der Waals surface area contributed by atoms with Crippen LogP contribution in [0.15, 0.2) is 41.3 Å². The molecule has 2 fully saturated rings. The lowest BCUT2D eigenvalue weighted by atomic mass is 9.54. The summed E-state index contributed by atoms with van der Waals surface area (Å²) in [5, 5.41) is 24.2. The van der Waals surface area contributed by atoms with E-state index in [9.17, 15) is 28.8 Å². The van der Waals surface area contributed by atoms with E-state index >= 15 is 4.39 Å². The number of alkyl halides is 2. The van der Waals surface area contributed by atoms with Crippen LogP contribution in [0.5, 0.6) is 0 Å². The van der Waals surface area contributed by atoms with Gasteiger partial charge in [-0.1, -0.05) is 37.3 Å². The zero-order valence-electron chi connectivity index (χ0n) is 28.8. The zero-order valence-corrected chi connectivity index (χ0v) is 28.8. The van der Waals surface area contributed by atoms with Gasteiger partial charge in [-0.25, -0.2) is 4.39 Å². The van der Waals surface area contributed by atoms with Crippen molar-refractivity contribution in [2.45, 2.75) is 116 Å². The summed E-state index contributed by atoms with van der Waals surface area (Å²) in [7, 11) is 0.500. The number of nitrogens with one attached hydrogen (secondary N) is 1. The highest BCUT2D eigenvalue weighted by molar-refractivity contribution is 5.85. The number of hydrogen-bond donors (Lipinski definition) is 3. The van der Waals surface area contributed by atoms with Crippen molar-refractivity contribution in [3.8, 4) is 0 Å². The number of carbonyl (C=O) groups is 3. The number of fused-ring (bicyclic) bond motifs is 3. The molecule has 3 rings (SSSR count). The number of aliphatic hydroxyl groups is 2. The summed E-state index contributed by atoms with van der Waals surface area (Å²) in [5.41, 5.74) is -0.424. The van der Waals surface area contributed by atoms with Crippen molar-refractivity contribution in [3.05, 3.63) is 40.9 Å². The Morgan fingerprint density at radius 1 is 1.13 bits per heavy atom. The molecule has 2 saturated carbocycles. The topological polar surface area (TPSA) is 152 Å². The van der Waals surface area contributed by atoms with E-state index in [2.05, 4.69) is 22.1 Å². The molecular formula is C35H56F2N2O8. The van der Waals surface area contributed by atoms with E-state index in [1.807, 2.05) is 26.0 Å². The number of esters is 1. The number of carbonyl (C=O) groups excluding carboxylic acids is 3. The Balaban J connectivity index is 0.00000171. The van der Waals surface area contributed by atoms with E-state index < -0.39 is 29.1 Å². The number of unbranched alkanes of at least 4 members (excludes halogenated alkanes) is 2. The monoisotopic (exact) mass is 670 g/mol. The molecule has 0 saturated heterocycles. The molecule has 0 aromatic rings. The predicted molar refractivity (Wildman–Crippen MR) is 176 cm³/mol. The maximum absolute atomic E-state index is 16.6. The highest BCUT2D eigenvalue weighted by Crippen LogP contribution is 2.62. The Hall–Kier alpha value is -2.99. The van der Waals surface area contributed by atoms with Gasteiger partial charge in [0.05, 0.1) is 19.7 Å². The van der Waals surface area contributed by atoms with Gasteiger partial charge in [0.1, 0.15) is 18.9 Å². The van der Waals surface area contributed by atoms with Crippen LogP contribution in [0.1, 0.15) is 98.3 Å². The SMILES string of the molecule is C=C1/C=C\C[C@@]2(F)[C@@H](O)C[C@]3(C)C(C(=O)COC(=O)CCNC(=O)CCCCCON=O)CCC3[C@@H]2CC/C(C)=C/1.CC(C)O.CF. The van der Waals surface area contributed by atoms with Crippen molar-refractivity contribution in [1.29, 1.82) is 0 Å². The van der Waals surface area contributed by atoms with Gasteiger partial charge in [-0.15, -0.1) is 4.91 Å². The molecule has 268 valence electrons. The summed E-state index contributed by atoms with van der Waals surface area (Å²) < 4.78 is 31.3. The first-order valence-electron chi connectivity index (χ1n) is 16.6. The quantitative estimate of drug-likeness (QED) is 0.0907. The Morgan fingerprint density at radius 3 is 2.47 bits per heavy atom. The molecule has 0 heterocycles. The highest BCUT2D eigenvalue weighted by Gasteiger charge is 2.63. The third-order valence-electron chi connectivity index (χ3n) is 9.35. The Kier molecular flexibility index (Phi) is 18.9. The fourth-order valence-corrected chi connectivity index (χ4v) is 7.24. The number of amides is 1. The largest absolute Gasteiger partial charge is 0.458 e. The van der Waals surface area contributed by atoms with Crippen molar-refractivity contribution in [2.75, 3.05) is 26.9 Å². The van der Waals surface area contributed by atoms with Crippen LogP contribution in [0.2, 0.25) is 0 Å². The maximum atomic E-state index is 16.6. The normalized spacial score (nSPS) is 30.0. The molecule has 0 aliphatic heterocycles. The van der Waals surface area contributed by atoms with Gasteiger partial charge in [-0.3, -0.25) is 18.8 Å². The predicted octanol–water partition coefficient (Wildman–Crippen LogP) is 6.20. The molecule has 0 spiro atoms. The molecule has 1 amide bonds. The van der Waals surface area contributed by atoms with Gasteiger partial charge < -0.3 is 25.1 Å². The molecule has 12 heteroatoms. The number of ketones is 1. The van der Waals surface area contributed by atoms with Gasteiger partial charge in [0.15, 0.2) is 11.1 Å². The van der Waals surface area contributed by atoms with Gasteiger partial charge in [0.25, 0.3) is 0 Å². The average molecular weight is 671 g/mol. The van der Waals surface area contributed by atoms with Crippen LogP contribution in [0.25, 0.3) is 0 Å². The molecule has 0 bridgehead atoms. The number of Topliss-reactive ketones (excluding diaryl/α,β-unsaturated/α-hetero) is 1. The molecule has 2 unspecified atom stereocenters. The third kappa shape index (κ3) is 13.2. The molecule has 3 aliphatic carbocycles. The Labute approximate surface area is 278 Å². The molecule has 0 aromatic heterocycles. The summed E-state index contributed by atoms with van der Waals surface area (Å²) in [4.78, 5) is 51.6. The van der Waals surface area contributed by atoms with Crippen LogP contribution in [-0.2, 0) is 24.0 Å². The molecular weight excluding hydrogens is 614 g/mol. The maximum Gasteiger partial charge on any atom is 0.308 e. The van der Waals surface area contributed by atoms with E-state index in [0.717, 1.165) is 11.1 Å². The van der Waals surface area contributed by atoms with Crippen LogP contribution in [-0.4, -0.2) is 72.7 Å². The minimum absolute atomic E-state index is 0.0552. The van der Waals surface area contributed by atoms with Crippen molar-refractivity contribution in [2.24, 2.45) is 28.5 Å². The summed E-state index contributed by atoms with van der Waals surface area (Å²) in [6.07, 6.45) is 9.26. The standard InChI is InChI=1S/C31H45FN2O7.C3H8O.CH3F/c1-21-8-7-15-31(32)24(11-10-22(2)18-21)23-12-13-25(30(23,3)19-27(31)36)26(35)20-40-29(38)14-16-33-28(37)9-5-4-6-17-41-34-39;1-3(2)4;1-2/h7-8,18,23-25,27,36H,1,4-6,9-17,19-20H2,2-3H3,(H,33,37);3-4H,1-2H3;1H3/b8-7-,22-18+;;/t23?,24-,25?,27-,30-,31-;;/m0../s1. The van der Waals surface area contributed by atoms with Crippen LogP contribution in [0.4, 0.5) is 8.78 Å². The lowest BCUT2D eigenvalue weighted by Crippen LogP contribution is -2.58. The van der Waals surface area contributed by atoms with Crippen LogP contribution < -0.4 is 5.32 Å². The van der Waals surface area contributed by atoms with Crippen LogP contribution >= 0.6 is 0 Å².